The van der Waals surface area contributed by atoms with Gasteiger partial charge in [0.05, 0.1) is 0 Å². The van der Waals surface area contributed by atoms with Crippen LogP contribution in [0.25, 0.3) is 0 Å². The van der Waals surface area contributed by atoms with E-state index in [1.54, 1.807) is 0 Å². The molecule has 0 amide bonds. The number of halogens is 1. The van der Waals surface area contributed by atoms with Crippen LogP contribution >= 0.6 is 15.9 Å². The van der Waals surface area contributed by atoms with Crippen LogP contribution in [-0.4, -0.2) is 4.57 Å². The molecule has 2 aromatic rings. The van der Waals surface area contributed by atoms with Gasteiger partial charge >= 0.3 is 0 Å². The van der Waals surface area contributed by atoms with Gasteiger partial charge in [0.15, 0.2) is 0 Å². The monoisotopic (exact) mass is 317 g/mol. The maximum atomic E-state index is 9.01. The van der Waals surface area contributed by atoms with Crippen LogP contribution in [0.5, 0.6) is 0 Å². The van der Waals surface area contributed by atoms with E-state index in [9.17, 15) is 0 Å². The van der Waals surface area contributed by atoms with Crippen LogP contribution in [0.3, 0.4) is 0 Å². The van der Waals surface area contributed by atoms with E-state index in [1.165, 1.54) is 5.56 Å². The van der Waals surface area contributed by atoms with E-state index >= 15 is 0 Å². The second-order valence-electron chi connectivity index (χ2n) is 4.63. The second kappa shape index (κ2) is 5.50. The summed E-state index contributed by atoms with van der Waals surface area (Å²) < 4.78 is 3.02. The molecule has 0 radical (unpaired) electrons. The summed E-state index contributed by atoms with van der Waals surface area (Å²) in [6, 6.07) is 10.3. The van der Waals surface area contributed by atoms with Crippen molar-refractivity contribution in [2.24, 2.45) is 7.05 Å². The zero-order valence-electron chi connectivity index (χ0n) is 11.3. The normalized spacial score (nSPS) is 10.3. The van der Waals surface area contributed by atoms with Crippen molar-refractivity contribution in [3.63, 3.8) is 0 Å². The van der Waals surface area contributed by atoms with E-state index in [2.05, 4.69) is 52.4 Å². The van der Waals surface area contributed by atoms with Gasteiger partial charge in [0.1, 0.15) is 11.8 Å². The molecule has 1 aromatic carbocycles. The number of anilines is 1. The predicted octanol–water partition coefficient (Wildman–Crippen LogP) is 3.89. The summed E-state index contributed by atoms with van der Waals surface area (Å²) in [4.78, 5) is 0. The third kappa shape index (κ3) is 2.82. The van der Waals surface area contributed by atoms with Crippen molar-refractivity contribution in [1.29, 1.82) is 5.26 Å². The fraction of sp³-hybridized carbons (Fsp3) is 0.267. The van der Waals surface area contributed by atoms with E-state index in [0.29, 0.717) is 5.69 Å². The average molecular weight is 318 g/mol. The van der Waals surface area contributed by atoms with Gasteiger partial charge in [-0.25, -0.2) is 0 Å². The van der Waals surface area contributed by atoms with Gasteiger partial charge in [0.25, 0.3) is 0 Å². The topological polar surface area (TPSA) is 40.8 Å². The van der Waals surface area contributed by atoms with Crippen LogP contribution < -0.4 is 5.32 Å². The molecule has 2 rings (SSSR count). The minimum Gasteiger partial charge on any atom is -0.381 e. The molecule has 19 heavy (non-hydrogen) atoms. The van der Waals surface area contributed by atoms with E-state index in [0.717, 1.165) is 28.0 Å². The molecule has 0 aliphatic heterocycles. The first-order chi connectivity index (χ1) is 9.02. The average Bonchev–Trinajstić information content (AvgIpc) is 2.67. The van der Waals surface area contributed by atoms with Gasteiger partial charge in [0.2, 0.25) is 0 Å². The highest BCUT2D eigenvalue weighted by molar-refractivity contribution is 9.10. The minimum atomic E-state index is 0.694. The van der Waals surface area contributed by atoms with Crippen molar-refractivity contribution in [1.82, 2.24) is 4.57 Å². The molecule has 98 valence electrons. The maximum absolute atomic E-state index is 9.01. The Morgan fingerprint density at radius 3 is 2.63 bits per heavy atom. The number of aryl methyl sites for hydroxylation is 1. The van der Waals surface area contributed by atoms with Crippen LogP contribution in [-0.2, 0) is 13.6 Å². The molecule has 0 saturated carbocycles. The van der Waals surface area contributed by atoms with Crippen molar-refractivity contribution >= 4 is 21.6 Å². The molecule has 0 bridgehead atoms. The summed E-state index contributed by atoms with van der Waals surface area (Å²) >= 11 is 3.53. The third-order valence-corrected chi connectivity index (χ3v) is 4.26. The Hall–Kier alpha value is -1.73. The molecular weight excluding hydrogens is 302 g/mol. The summed E-state index contributed by atoms with van der Waals surface area (Å²) in [5.74, 6) is 0. The van der Waals surface area contributed by atoms with Crippen molar-refractivity contribution < 1.29 is 0 Å². The summed E-state index contributed by atoms with van der Waals surface area (Å²) in [6.45, 7) is 4.81. The lowest BCUT2D eigenvalue weighted by Crippen LogP contribution is -2.01. The largest absolute Gasteiger partial charge is 0.381 e. The van der Waals surface area contributed by atoms with E-state index in [-0.39, 0.29) is 0 Å². The van der Waals surface area contributed by atoms with Crippen LogP contribution in [0.4, 0.5) is 5.69 Å². The molecule has 0 aliphatic carbocycles. The first-order valence-electron chi connectivity index (χ1n) is 6.08. The first-order valence-corrected chi connectivity index (χ1v) is 6.87. The number of nitrogens with zero attached hydrogens (tertiary/aromatic N) is 2. The van der Waals surface area contributed by atoms with E-state index in [1.807, 2.05) is 24.6 Å². The molecule has 0 atom stereocenters. The van der Waals surface area contributed by atoms with Crippen molar-refractivity contribution in [2.45, 2.75) is 20.4 Å². The molecule has 0 spiro atoms. The second-order valence-corrected chi connectivity index (χ2v) is 5.48. The molecule has 0 saturated heterocycles. The van der Waals surface area contributed by atoms with Crippen LogP contribution in [0.1, 0.15) is 22.5 Å². The molecule has 0 aliphatic rings. The van der Waals surface area contributed by atoms with Crippen molar-refractivity contribution in [3.8, 4) is 6.07 Å². The molecule has 1 heterocycles. The highest BCUT2D eigenvalue weighted by atomic mass is 79.9. The number of nitriles is 1. The molecule has 3 nitrogen and oxygen atoms in total. The van der Waals surface area contributed by atoms with Crippen LogP contribution in [0.15, 0.2) is 28.7 Å². The van der Waals surface area contributed by atoms with Gasteiger partial charge < -0.3 is 9.88 Å². The summed E-state index contributed by atoms with van der Waals surface area (Å²) in [5, 5.41) is 12.4. The van der Waals surface area contributed by atoms with Crippen molar-refractivity contribution in [2.75, 3.05) is 5.32 Å². The summed E-state index contributed by atoms with van der Waals surface area (Å²) in [7, 11) is 1.92. The van der Waals surface area contributed by atoms with Crippen LogP contribution in [0.2, 0.25) is 0 Å². The van der Waals surface area contributed by atoms with Gasteiger partial charge in [-0.1, -0.05) is 22.0 Å². The molecule has 0 fully saturated rings. The zero-order chi connectivity index (χ0) is 14.0. The Balaban J connectivity index is 2.15. The van der Waals surface area contributed by atoms with Gasteiger partial charge in [-0.15, -0.1) is 0 Å². The Morgan fingerprint density at radius 1 is 1.32 bits per heavy atom. The first kappa shape index (κ1) is 13.7. The van der Waals surface area contributed by atoms with Gasteiger partial charge in [-0.3, -0.25) is 0 Å². The van der Waals surface area contributed by atoms with E-state index in [4.69, 9.17) is 5.26 Å². The Morgan fingerprint density at radius 2 is 2.05 bits per heavy atom. The number of benzene rings is 1. The smallest absolute Gasteiger partial charge is 0.120 e. The lowest BCUT2D eigenvalue weighted by Gasteiger charge is -2.08. The Bertz CT molecular complexity index is 650. The van der Waals surface area contributed by atoms with Gasteiger partial charge in [0, 0.05) is 29.4 Å². The van der Waals surface area contributed by atoms with Crippen LogP contribution in [0, 0.1) is 25.2 Å². The number of nitrogens with one attached hydrogen (secondary N) is 1. The zero-order valence-corrected chi connectivity index (χ0v) is 12.9. The third-order valence-electron chi connectivity index (χ3n) is 3.41. The molecule has 0 unspecified atom stereocenters. The molecule has 4 heteroatoms. The van der Waals surface area contributed by atoms with E-state index < -0.39 is 0 Å². The fourth-order valence-electron chi connectivity index (χ4n) is 1.95. The summed E-state index contributed by atoms with van der Waals surface area (Å²) in [6.07, 6.45) is 0. The van der Waals surface area contributed by atoms with Crippen molar-refractivity contribution in [3.05, 3.63) is 51.3 Å². The number of aromatic nitrogens is 1. The number of hydrogen-bond donors (Lipinski definition) is 1. The highest BCUT2D eigenvalue weighted by Gasteiger charge is 2.08. The lowest BCUT2D eigenvalue weighted by atomic mass is 10.2. The molecule has 1 aromatic heterocycles. The minimum absolute atomic E-state index is 0.694. The SMILES string of the molecule is Cc1ccc(NCc2cc(C#N)n(C)c2C)cc1Br. The maximum Gasteiger partial charge on any atom is 0.120 e. The van der Waals surface area contributed by atoms with Gasteiger partial charge in [-0.2, -0.15) is 5.26 Å². The Kier molecular flexibility index (Phi) is 3.96. The number of hydrogen-bond acceptors (Lipinski definition) is 2. The quantitative estimate of drug-likeness (QED) is 0.933. The Labute approximate surface area is 122 Å². The lowest BCUT2D eigenvalue weighted by molar-refractivity contribution is 0.856. The molecule has 1 N–H and O–H groups in total. The van der Waals surface area contributed by atoms with Gasteiger partial charge in [-0.05, 0) is 43.2 Å². The molecular formula is C15H16BrN3. The fourth-order valence-corrected chi connectivity index (χ4v) is 2.33. The standard InChI is InChI=1S/C15H16BrN3/c1-10-4-5-13(7-15(10)16)18-9-12-6-14(8-17)19(3)11(12)2/h4-7,18H,9H2,1-3H3. The summed E-state index contributed by atoms with van der Waals surface area (Å²) in [5.41, 5.74) is 5.25. The number of rotatable bonds is 3. The highest BCUT2D eigenvalue weighted by Crippen LogP contribution is 2.22. The predicted molar refractivity (Wildman–Crippen MR) is 81.1 cm³/mol.